The van der Waals surface area contributed by atoms with Crippen molar-refractivity contribution in [1.29, 1.82) is 0 Å². The first-order valence-corrected chi connectivity index (χ1v) is 10.6. The maximum Gasteiger partial charge on any atom is 0.222 e. The van der Waals surface area contributed by atoms with Gasteiger partial charge in [-0.3, -0.25) is 4.98 Å². The van der Waals surface area contributed by atoms with E-state index in [2.05, 4.69) is 15.0 Å². The van der Waals surface area contributed by atoms with Crippen LogP contribution in [0.15, 0.2) is 61.1 Å². The zero-order valence-electron chi connectivity index (χ0n) is 14.8. The third-order valence-electron chi connectivity index (χ3n) is 4.08. The van der Waals surface area contributed by atoms with Crippen molar-refractivity contribution in [2.24, 2.45) is 0 Å². The summed E-state index contributed by atoms with van der Waals surface area (Å²) in [6, 6.07) is 13.1. The predicted octanol–water partition coefficient (Wildman–Crippen LogP) is 3.20. The zero-order valence-corrected chi connectivity index (χ0v) is 16.4. The quantitative estimate of drug-likeness (QED) is 0.567. The van der Waals surface area contributed by atoms with Gasteiger partial charge in [-0.1, -0.05) is 18.2 Å². The van der Waals surface area contributed by atoms with E-state index in [0.717, 1.165) is 16.7 Å². The van der Waals surface area contributed by atoms with Crippen LogP contribution in [0.5, 0.6) is 0 Å². The lowest BCUT2D eigenvalue weighted by Crippen LogP contribution is -2.31. The molecule has 2 heterocycles. The Labute approximate surface area is 163 Å². The van der Waals surface area contributed by atoms with Crippen LogP contribution in [-0.2, 0) is 23.0 Å². The first-order chi connectivity index (χ1) is 12.9. The first kappa shape index (κ1) is 19.4. The third-order valence-corrected chi connectivity index (χ3v) is 5.51. The molecule has 3 aromatic rings. The summed E-state index contributed by atoms with van der Waals surface area (Å²) in [5.74, 6) is 0. The van der Waals surface area contributed by atoms with E-state index in [1.807, 2.05) is 36.4 Å². The van der Waals surface area contributed by atoms with Gasteiger partial charge in [0, 0.05) is 37.2 Å². The second kappa shape index (κ2) is 8.56. The molecule has 0 aliphatic heterocycles. The molecule has 8 heteroatoms. The maximum atomic E-state index is 12.2. The molecule has 0 saturated heterocycles. The lowest BCUT2D eigenvalue weighted by atomic mass is 10.1. The van der Waals surface area contributed by atoms with Crippen molar-refractivity contribution in [3.05, 3.63) is 77.5 Å². The summed E-state index contributed by atoms with van der Waals surface area (Å²) < 4.78 is 25.9. The standard InChI is InChI=1S/C19H19ClN4O2S/c1-27(25,26)24(12-8-15-5-9-21-10-6-15)14-16-3-2-4-17(13-16)18-7-11-22-19(20)23-18/h2-7,9-11,13H,8,12,14H2,1H3. The highest BCUT2D eigenvalue weighted by molar-refractivity contribution is 7.88. The fourth-order valence-corrected chi connectivity index (χ4v) is 3.65. The van der Waals surface area contributed by atoms with Crippen LogP contribution >= 0.6 is 11.6 Å². The predicted molar refractivity (Wildman–Crippen MR) is 106 cm³/mol. The van der Waals surface area contributed by atoms with E-state index < -0.39 is 10.0 Å². The van der Waals surface area contributed by atoms with Crippen LogP contribution in [0.1, 0.15) is 11.1 Å². The summed E-state index contributed by atoms with van der Waals surface area (Å²) in [4.78, 5) is 12.1. The molecule has 0 N–H and O–H groups in total. The van der Waals surface area contributed by atoms with Crippen LogP contribution in [0, 0.1) is 0 Å². The minimum Gasteiger partial charge on any atom is -0.265 e. The highest BCUT2D eigenvalue weighted by Gasteiger charge is 2.17. The van der Waals surface area contributed by atoms with Crippen molar-refractivity contribution in [1.82, 2.24) is 19.3 Å². The third kappa shape index (κ3) is 5.56. The summed E-state index contributed by atoms with van der Waals surface area (Å²) in [5.41, 5.74) is 3.48. The fraction of sp³-hybridized carbons (Fsp3) is 0.211. The Morgan fingerprint density at radius 1 is 1.04 bits per heavy atom. The largest absolute Gasteiger partial charge is 0.265 e. The van der Waals surface area contributed by atoms with Gasteiger partial charge in [-0.25, -0.2) is 18.4 Å². The monoisotopic (exact) mass is 402 g/mol. The van der Waals surface area contributed by atoms with Crippen molar-refractivity contribution in [2.45, 2.75) is 13.0 Å². The highest BCUT2D eigenvalue weighted by Crippen LogP contribution is 2.20. The van der Waals surface area contributed by atoms with Crippen LogP contribution in [0.25, 0.3) is 11.3 Å². The number of nitrogens with zero attached hydrogens (tertiary/aromatic N) is 4. The molecule has 0 radical (unpaired) electrons. The number of benzene rings is 1. The van der Waals surface area contributed by atoms with Gasteiger partial charge in [0.2, 0.25) is 15.3 Å². The molecule has 0 aliphatic rings. The van der Waals surface area contributed by atoms with Crippen LogP contribution in [0.3, 0.4) is 0 Å². The molecule has 0 bridgehead atoms. The van der Waals surface area contributed by atoms with Crippen LogP contribution in [0.2, 0.25) is 5.28 Å². The molecule has 2 aromatic heterocycles. The molecule has 3 rings (SSSR count). The lowest BCUT2D eigenvalue weighted by Gasteiger charge is -2.20. The van der Waals surface area contributed by atoms with Gasteiger partial charge in [0.15, 0.2) is 0 Å². The second-order valence-corrected chi connectivity index (χ2v) is 8.43. The SMILES string of the molecule is CS(=O)(=O)N(CCc1ccncc1)Cc1cccc(-c2ccnc(Cl)n2)c1. The van der Waals surface area contributed by atoms with Gasteiger partial charge in [0.25, 0.3) is 0 Å². The van der Waals surface area contributed by atoms with E-state index in [-0.39, 0.29) is 11.8 Å². The van der Waals surface area contributed by atoms with E-state index in [1.54, 1.807) is 24.7 Å². The van der Waals surface area contributed by atoms with Gasteiger partial charge in [-0.2, -0.15) is 4.31 Å². The molecule has 1 aromatic carbocycles. The Morgan fingerprint density at radius 2 is 1.81 bits per heavy atom. The van der Waals surface area contributed by atoms with Crippen molar-refractivity contribution in [3.63, 3.8) is 0 Å². The molecular formula is C19H19ClN4O2S. The van der Waals surface area contributed by atoms with Gasteiger partial charge in [-0.05, 0) is 53.4 Å². The van der Waals surface area contributed by atoms with E-state index in [9.17, 15) is 8.42 Å². The topological polar surface area (TPSA) is 76.1 Å². The number of aromatic nitrogens is 3. The number of rotatable bonds is 7. The van der Waals surface area contributed by atoms with Crippen LogP contribution < -0.4 is 0 Å². The number of hydrogen-bond acceptors (Lipinski definition) is 5. The Balaban J connectivity index is 1.79. The average Bonchev–Trinajstić information content (AvgIpc) is 2.65. The molecule has 0 saturated carbocycles. The molecule has 27 heavy (non-hydrogen) atoms. The Kier molecular flexibility index (Phi) is 6.15. The molecule has 0 amide bonds. The Hall–Kier alpha value is -2.35. The molecular weight excluding hydrogens is 384 g/mol. The molecule has 0 unspecified atom stereocenters. The molecule has 0 spiro atoms. The normalized spacial score (nSPS) is 11.7. The molecule has 140 valence electrons. The minimum atomic E-state index is -3.35. The zero-order chi connectivity index (χ0) is 19.3. The number of sulfonamides is 1. The summed E-state index contributed by atoms with van der Waals surface area (Å²) in [7, 11) is -3.35. The average molecular weight is 403 g/mol. The van der Waals surface area contributed by atoms with Gasteiger partial charge < -0.3 is 0 Å². The number of halogens is 1. The van der Waals surface area contributed by atoms with E-state index in [4.69, 9.17) is 11.6 Å². The molecule has 0 atom stereocenters. The molecule has 0 fully saturated rings. The lowest BCUT2D eigenvalue weighted by molar-refractivity contribution is 0.413. The first-order valence-electron chi connectivity index (χ1n) is 8.34. The van der Waals surface area contributed by atoms with Crippen molar-refractivity contribution < 1.29 is 8.42 Å². The summed E-state index contributed by atoms with van der Waals surface area (Å²) in [6.07, 6.45) is 6.85. The highest BCUT2D eigenvalue weighted by atomic mass is 35.5. The smallest absolute Gasteiger partial charge is 0.222 e. The maximum absolute atomic E-state index is 12.2. The molecule has 6 nitrogen and oxygen atoms in total. The fourth-order valence-electron chi connectivity index (χ4n) is 2.69. The van der Waals surface area contributed by atoms with Crippen LogP contribution in [0.4, 0.5) is 0 Å². The van der Waals surface area contributed by atoms with E-state index >= 15 is 0 Å². The van der Waals surface area contributed by atoms with Gasteiger partial charge in [-0.15, -0.1) is 0 Å². The summed E-state index contributed by atoms with van der Waals surface area (Å²) in [5, 5.41) is 0.174. The van der Waals surface area contributed by atoms with E-state index in [1.165, 1.54) is 10.6 Å². The number of hydrogen-bond donors (Lipinski definition) is 0. The van der Waals surface area contributed by atoms with Crippen molar-refractivity contribution in [3.8, 4) is 11.3 Å². The van der Waals surface area contributed by atoms with Crippen LogP contribution in [-0.4, -0.2) is 40.5 Å². The van der Waals surface area contributed by atoms with Crippen molar-refractivity contribution >= 4 is 21.6 Å². The van der Waals surface area contributed by atoms with Crippen molar-refractivity contribution in [2.75, 3.05) is 12.8 Å². The number of pyridine rings is 1. The van der Waals surface area contributed by atoms with Gasteiger partial charge in [0.05, 0.1) is 11.9 Å². The van der Waals surface area contributed by atoms with Gasteiger partial charge >= 0.3 is 0 Å². The Bertz CT molecular complexity index is 1010. The summed E-state index contributed by atoms with van der Waals surface area (Å²) in [6.45, 7) is 0.684. The minimum absolute atomic E-state index is 0.174. The van der Waals surface area contributed by atoms with Gasteiger partial charge in [0.1, 0.15) is 0 Å². The Morgan fingerprint density at radius 3 is 2.52 bits per heavy atom. The molecule has 0 aliphatic carbocycles. The van der Waals surface area contributed by atoms with E-state index in [0.29, 0.717) is 18.7 Å². The second-order valence-electron chi connectivity index (χ2n) is 6.11. The summed E-state index contributed by atoms with van der Waals surface area (Å²) >= 11 is 5.86.